The van der Waals surface area contributed by atoms with Crippen LogP contribution in [0.4, 0.5) is 0 Å². The summed E-state index contributed by atoms with van der Waals surface area (Å²) in [6.07, 6.45) is 1.54. The monoisotopic (exact) mass is 302 g/mol. The lowest BCUT2D eigenvalue weighted by molar-refractivity contribution is 0.0696. The number of carboxylic acids is 1. The molecule has 3 aromatic rings. The molecule has 21 heavy (non-hydrogen) atoms. The van der Waals surface area contributed by atoms with Gasteiger partial charge in [-0.05, 0) is 30.3 Å². The third-order valence-corrected chi connectivity index (χ3v) is 3.63. The van der Waals surface area contributed by atoms with E-state index in [0.29, 0.717) is 23.2 Å². The summed E-state index contributed by atoms with van der Waals surface area (Å²) >= 11 is 1.43. The maximum absolute atomic E-state index is 10.9. The second kappa shape index (κ2) is 5.84. The Labute approximate surface area is 123 Å². The van der Waals surface area contributed by atoms with Gasteiger partial charge in [-0.3, -0.25) is 0 Å². The lowest BCUT2D eigenvalue weighted by Gasteiger charge is -1.99. The predicted octanol–water partition coefficient (Wildman–Crippen LogP) is 3.32. The highest BCUT2D eigenvalue weighted by atomic mass is 32.2. The second-order valence-corrected chi connectivity index (χ2v) is 5.16. The van der Waals surface area contributed by atoms with E-state index in [2.05, 4.69) is 10.1 Å². The number of hydrogen-bond donors (Lipinski definition) is 1. The lowest BCUT2D eigenvalue weighted by Crippen LogP contribution is -1.95. The summed E-state index contributed by atoms with van der Waals surface area (Å²) in [6, 6.07) is 10.2. The van der Waals surface area contributed by atoms with E-state index in [9.17, 15) is 4.79 Å². The van der Waals surface area contributed by atoms with Gasteiger partial charge in [0, 0.05) is 4.90 Å². The lowest BCUT2D eigenvalue weighted by atomic mass is 10.2. The number of carbonyl (C=O) groups is 1. The molecule has 0 saturated carbocycles. The Morgan fingerprint density at radius 1 is 1.29 bits per heavy atom. The van der Waals surface area contributed by atoms with Crippen LogP contribution in [-0.4, -0.2) is 21.2 Å². The molecule has 1 aromatic carbocycles. The summed E-state index contributed by atoms with van der Waals surface area (Å²) < 4.78 is 10.3. The Kier molecular flexibility index (Phi) is 3.74. The number of nitrogens with zero attached hydrogens (tertiary/aromatic N) is 2. The maximum Gasteiger partial charge on any atom is 0.335 e. The van der Waals surface area contributed by atoms with Crippen molar-refractivity contribution in [2.45, 2.75) is 10.6 Å². The first-order valence-corrected chi connectivity index (χ1v) is 7.03. The van der Waals surface area contributed by atoms with Crippen LogP contribution in [-0.2, 0) is 5.75 Å². The zero-order valence-corrected chi connectivity index (χ0v) is 11.5. The van der Waals surface area contributed by atoms with E-state index >= 15 is 0 Å². The van der Waals surface area contributed by atoms with Gasteiger partial charge in [0.15, 0.2) is 5.76 Å². The highest BCUT2D eigenvalue weighted by Crippen LogP contribution is 2.24. The van der Waals surface area contributed by atoms with E-state index in [4.69, 9.17) is 14.0 Å². The summed E-state index contributed by atoms with van der Waals surface area (Å²) in [7, 11) is 0. The molecule has 0 unspecified atom stereocenters. The Hall–Kier alpha value is -2.54. The van der Waals surface area contributed by atoms with Crippen LogP contribution in [0.1, 0.15) is 16.2 Å². The molecule has 0 saturated heterocycles. The Morgan fingerprint density at radius 2 is 2.19 bits per heavy atom. The minimum absolute atomic E-state index is 0.252. The molecule has 6 nitrogen and oxygen atoms in total. The zero-order valence-electron chi connectivity index (χ0n) is 10.7. The maximum atomic E-state index is 10.9. The van der Waals surface area contributed by atoms with Crippen molar-refractivity contribution in [1.82, 2.24) is 10.1 Å². The van der Waals surface area contributed by atoms with Gasteiger partial charge in [-0.1, -0.05) is 11.2 Å². The van der Waals surface area contributed by atoms with Crippen molar-refractivity contribution in [2.24, 2.45) is 0 Å². The van der Waals surface area contributed by atoms with Crippen molar-refractivity contribution in [2.75, 3.05) is 0 Å². The highest BCUT2D eigenvalue weighted by molar-refractivity contribution is 7.98. The molecule has 2 heterocycles. The van der Waals surface area contributed by atoms with Crippen LogP contribution in [0.2, 0.25) is 0 Å². The number of aromatic nitrogens is 2. The first-order valence-electron chi connectivity index (χ1n) is 6.05. The molecule has 0 fully saturated rings. The van der Waals surface area contributed by atoms with Gasteiger partial charge in [-0.2, -0.15) is 4.98 Å². The number of hydrogen-bond acceptors (Lipinski definition) is 6. The number of carboxylic acid groups (broad SMARTS) is 1. The summed E-state index contributed by atoms with van der Waals surface area (Å²) in [5.41, 5.74) is 0.252. The minimum Gasteiger partial charge on any atom is -0.478 e. The van der Waals surface area contributed by atoms with Gasteiger partial charge in [0.2, 0.25) is 11.7 Å². The zero-order chi connectivity index (χ0) is 14.7. The summed E-state index contributed by atoms with van der Waals surface area (Å²) in [5, 5.41) is 12.8. The Morgan fingerprint density at radius 3 is 2.95 bits per heavy atom. The number of thioether (sulfide) groups is 1. The Balaban J connectivity index is 1.68. The molecule has 0 radical (unpaired) electrons. The van der Waals surface area contributed by atoms with Gasteiger partial charge in [0.1, 0.15) is 0 Å². The molecular formula is C14H10N2O4S. The van der Waals surface area contributed by atoms with E-state index < -0.39 is 5.97 Å². The molecular weight excluding hydrogens is 292 g/mol. The molecule has 0 aliphatic carbocycles. The van der Waals surface area contributed by atoms with Crippen LogP contribution in [0.25, 0.3) is 11.6 Å². The van der Waals surface area contributed by atoms with Gasteiger partial charge in [0.05, 0.1) is 17.6 Å². The van der Waals surface area contributed by atoms with Crippen molar-refractivity contribution in [3.05, 3.63) is 54.1 Å². The van der Waals surface area contributed by atoms with E-state index in [1.165, 1.54) is 18.0 Å². The molecule has 0 bridgehead atoms. The van der Waals surface area contributed by atoms with E-state index in [1.54, 1.807) is 30.3 Å². The largest absolute Gasteiger partial charge is 0.478 e. The molecule has 0 amide bonds. The average molecular weight is 302 g/mol. The number of benzene rings is 1. The fourth-order valence-corrected chi connectivity index (χ4v) is 2.48. The van der Waals surface area contributed by atoms with E-state index in [-0.39, 0.29) is 5.56 Å². The second-order valence-electron chi connectivity index (χ2n) is 4.11. The predicted molar refractivity (Wildman–Crippen MR) is 75.0 cm³/mol. The molecule has 0 atom stereocenters. The third kappa shape index (κ3) is 3.14. The van der Waals surface area contributed by atoms with Gasteiger partial charge >= 0.3 is 5.97 Å². The fourth-order valence-electron chi connectivity index (χ4n) is 1.68. The molecule has 0 aliphatic rings. The standard InChI is InChI=1S/C14H10N2O4S/c17-14(18)9-3-1-4-10(7-9)21-8-12-15-13(16-20-12)11-5-2-6-19-11/h1-7H,8H2,(H,17,18). The van der Waals surface area contributed by atoms with Crippen molar-refractivity contribution in [3.8, 4) is 11.6 Å². The van der Waals surface area contributed by atoms with Crippen LogP contribution >= 0.6 is 11.8 Å². The third-order valence-electron chi connectivity index (χ3n) is 2.65. The SMILES string of the molecule is O=C(O)c1cccc(SCc2nc(-c3ccco3)no2)c1. The Bertz CT molecular complexity index is 752. The van der Waals surface area contributed by atoms with Crippen molar-refractivity contribution < 1.29 is 18.8 Å². The van der Waals surface area contributed by atoms with Crippen LogP contribution < -0.4 is 0 Å². The van der Waals surface area contributed by atoms with E-state index in [0.717, 1.165) is 4.90 Å². The fraction of sp³-hybridized carbons (Fsp3) is 0.0714. The van der Waals surface area contributed by atoms with Gasteiger partial charge in [-0.25, -0.2) is 4.79 Å². The number of furan rings is 1. The molecule has 1 N–H and O–H groups in total. The molecule has 0 spiro atoms. The van der Waals surface area contributed by atoms with Gasteiger partial charge in [-0.15, -0.1) is 11.8 Å². The average Bonchev–Trinajstić information content (AvgIpc) is 3.16. The van der Waals surface area contributed by atoms with Gasteiger partial charge in [0.25, 0.3) is 0 Å². The number of rotatable bonds is 5. The van der Waals surface area contributed by atoms with Crippen LogP contribution in [0.5, 0.6) is 0 Å². The van der Waals surface area contributed by atoms with Gasteiger partial charge < -0.3 is 14.0 Å². The molecule has 2 aromatic heterocycles. The smallest absolute Gasteiger partial charge is 0.335 e. The molecule has 3 rings (SSSR count). The van der Waals surface area contributed by atoms with Crippen molar-refractivity contribution >= 4 is 17.7 Å². The number of aromatic carboxylic acids is 1. The molecule has 106 valence electrons. The topological polar surface area (TPSA) is 89.4 Å². The highest BCUT2D eigenvalue weighted by Gasteiger charge is 2.11. The summed E-state index contributed by atoms with van der Waals surface area (Å²) in [4.78, 5) is 15.9. The van der Waals surface area contributed by atoms with Crippen LogP contribution in [0, 0.1) is 0 Å². The summed E-state index contributed by atoms with van der Waals surface area (Å²) in [5.74, 6) is 0.900. The van der Waals surface area contributed by atoms with Crippen LogP contribution in [0.15, 0.2) is 56.5 Å². The minimum atomic E-state index is -0.949. The normalized spacial score (nSPS) is 10.7. The molecule has 7 heteroatoms. The quantitative estimate of drug-likeness (QED) is 0.723. The van der Waals surface area contributed by atoms with Crippen LogP contribution in [0.3, 0.4) is 0 Å². The summed E-state index contributed by atoms with van der Waals surface area (Å²) in [6.45, 7) is 0. The molecule has 0 aliphatic heterocycles. The first kappa shape index (κ1) is 13.4. The van der Waals surface area contributed by atoms with Crippen molar-refractivity contribution in [3.63, 3.8) is 0 Å². The van der Waals surface area contributed by atoms with E-state index in [1.807, 2.05) is 6.07 Å². The first-order chi connectivity index (χ1) is 10.2. The van der Waals surface area contributed by atoms with Crippen molar-refractivity contribution in [1.29, 1.82) is 0 Å².